The van der Waals surface area contributed by atoms with Gasteiger partial charge in [0.05, 0.1) is 0 Å². The number of hydrogen-bond donors (Lipinski definition) is 1. The molecule has 0 aromatic heterocycles. The van der Waals surface area contributed by atoms with Crippen molar-refractivity contribution in [3.8, 4) is 6.07 Å². The topological polar surface area (TPSA) is 103 Å². The normalized spacial score (nSPS) is 28.7. The molecule has 0 aliphatic carbocycles. The van der Waals surface area contributed by atoms with Crippen LogP contribution in [0.5, 0.6) is 0 Å². The van der Waals surface area contributed by atoms with Gasteiger partial charge >= 0.3 is 15.0 Å². The largest absolute Gasteiger partial charge is 0.311 e. The molecular weight excluding hydrogens is 170 g/mol. The third kappa shape index (κ3) is 1.02. The third-order valence-corrected chi connectivity index (χ3v) is 2.22. The first kappa shape index (κ1) is 7.84. The van der Waals surface area contributed by atoms with Gasteiger partial charge in [-0.3, -0.25) is 4.55 Å². The highest BCUT2D eigenvalue weighted by atomic mass is 32.2. The molecule has 0 aromatic carbocycles. The fourth-order valence-corrected chi connectivity index (χ4v) is 1.04. The molecular formula is C4H3N3O3S. The Morgan fingerprint density at radius 1 is 1.64 bits per heavy atom. The molecule has 1 aliphatic heterocycles. The van der Waals surface area contributed by atoms with E-state index < -0.39 is 15.0 Å². The Morgan fingerprint density at radius 2 is 2.27 bits per heavy atom. The van der Waals surface area contributed by atoms with Crippen molar-refractivity contribution in [2.75, 3.05) is 0 Å². The molecule has 0 aromatic rings. The van der Waals surface area contributed by atoms with Crippen LogP contribution in [0.15, 0.2) is 22.5 Å². The van der Waals surface area contributed by atoms with Crippen LogP contribution in [0.4, 0.5) is 0 Å². The molecule has 0 saturated heterocycles. The Balaban J connectivity index is 3.30. The first-order chi connectivity index (χ1) is 5.02. The van der Waals surface area contributed by atoms with E-state index in [0.717, 1.165) is 12.3 Å². The lowest BCUT2D eigenvalue weighted by molar-refractivity contribution is 0.464. The van der Waals surface area contributed by atoms with E-state index >= 15 is 0 Å². The van der Waals surface area contributed by atoms with E-state index in [-0.39, 0.29) is 0 Å². The van der Waals surface area contributed by atoms with Crippen molar-refractivity contribution in [3.63, 3.8) is 0 Å². The highest BCUT2D eigenvalue weighted by molar-refractivity contribution is 7.87. The van der Waals surface area contributed by atoms with Crippen LogP contribution in [0.25, 0.3) is 0 Å². The molecule has 58 valence electrons. The molecule has 0 radical (unpaired) electrons. The molecule has 0 saturated carbocycles. The zero-order valence-electron chi connectivity index (χ0n) is 5.17. The van der Waals surface area contributed by atoms with Crippen LogP contribution in [0.2, 0.25) is 0 Å². The lowest BCUT2D eigenvalue weighted by Gasteiger charge is -2.06. The fraction of sp³-hybridized carbons (Fsp3) is 0.250. The van der Waals surface area contributed by atoms with E-state index in [1.165, 1.54) is 6.07 Å². The lowest BCUT2D eigenvalue weighted by atomic mass is 10.3. The van der Waals surface area contributed by atoms with Crippen molar-refractivity contribution < 1.29 is 13.0 Å². The van der Waals surface area contributed by atoms with Gasteiger partial charge in [-0.15, -0.1) is 5.11 Å². The van der Waals surface area contributed by atoms with E-state index in [4.69, 9.17) is 9.81 Å². The van der Waals surface area contributed by atoms with E-state index in [9.17, 15) is 8.42 Å². The summed E-state index contributed by atoms with van der Waals surface area (Å²) in [4.78, 5) is -2.22. The number of nitriles is 1. The first-order valence-electron chi connectivity index (χ1n) is 2.50. The molecule has 0 bridgehead atoms. The van der Waals surface area contributed by atoms with Gasteiger partial charge in [-0.1, -0.05) is 0 Å². The minimum absolute atomic E-state index is 0.905. The van der Waals surface area contributed by atoms with Crippen LogP contribution in [0, 0.1) is 11.3 Å². The summed E-state index contributed by atoms with van der Waals surface area (Å²) in [6, 6.07) is 1.33. The minimum Gasteiger partial charge on any atom is -0.283 e. The summed E-state index contributed by atoms with van der Waals surface area (Å²) in [5, 5.41) is 14.6. The summed E-state index contributed by atoms with van der Waals surface area (Å²) in [5.74, 6) is 0. The molecule has 1 N–H and O–H groups in total. The van der Waals surface area contributed by atoms with Crippen molar-refractivity contribution >= 4 is 10.1 Å². The maximum absolute atomic E-state index is 10.5. The number of hydrogen-bond acceptors (Lipinski definition) is 5. The van der Waals surface area contributed by atoms with E-state index in [1.54, 1.807) is 0 Å². The summed E-state index contributed by atoms with van der Waals surface area (Å²) in [5.41, 5.74) is 0. The maximum atomic E-state index is 10.5. The summed E-state index contributed by atoms with van der Waals surface area (Å²) in [6.07, 6.45) is 1.94. The SMILES string of the molecule is N#CC1(S(=O)(=O)O)C=CN=N1. The Bertz CT molecular complexity index is 349. The minimum atomic E-state index is -4.52. The Labute approximate surface area is 62.6 Å². The second kappa shape index (κ2) is 2.11. The Morgan fingerprint density at radius 3 is 2.45 bits per heavy atom. The van der Waals surface area contributed by atoms with Gasteiger partial charge in [-0.2, -0.15) is 18.8 Å². The molecule has 0 amide bonds. The summed E-state index contributed by atoms with van der Waals surface area (Å²) in [7, 11) is -4.52. The van der Waals surface area contributed by atoms with Gasteiger partial charge in [-0.05, 0) is 6.08 Å². The summed E-state index contributed by atoms with van der Waals surface area (Å²) >= 11 is 0. The average Bonchev–Trinajstić information content (AvgIpc) is 2.33. The fourth-order valence-electron chi connectivity index (χ4n) is 0.542. The molecule has 1 atom stereocenters. The van der Waals surface area contributed by atoms with Crippen molar-refractivity contribution in [3.05, 3.63) is 12.3 Å². The second-order valence-electron chi connectivity index (χ2n) is 1.81. The molecule has 7 heteroatoms. The van der Waals surface area contributed by atoms with Gasteiger partial charge in [0.25, 0.3) is 0 Å². The Kier molecular flexibility index (Phi) is 1.51. The number of rotatable bonds is 1. The van der Waals surface area contributed by atoms with Crippen LogP contribution in [0.3, 0.4) is 0 Å². The molecule has 1 rings (SSSR count). The van der Waals surface area contributed by atoms with Crippen molar-refractivity contribution in [1.29, 1.82) is 5.26 Å². The van der Waals surface area contributed by atoms with E-state index in [0.29, 0.717) is 0 Å². The molecule has 1 unspecified atom stereocenters. The first-order valence-corrected chi connectivity index (χ1v) is 3.94. The van der Waals surface area contributed by atoms with Crippen molar-refractivity contribution in [2.45, 2.75) is 4.87 Å². The smallest absolute Gasteiger partial charge is 0.283 e. The van der Waals surface area contributed by atoms with E-state index in [2.05, 4.69) is 10.2 Å². The van der Waals surface area contributed by atoms with Crippen molar-refractivity contribution in [2.24, 2.45) is 10.2 Å². The van der Waals surface area contributed by atoms with Crippen LogP contribution < -0.4 is 0 Å². The van der Waals surface area contributed by atoms with Gasteiger partial charge in [0.1, 0.15) is 6.07 Å². The lowest BCUT2D eigenvalue weighted by Crippen LogP contribution is -2.30. The van der Waals surface area contributed by atoms with Crippen LogP contribution in [0.1, 0.15) is 0 Å². The van der Waals surface area contributed by atoms with Gasteiger partial charge in [0, 0.05) is 6.20 Å². The zero-order chi connectivity index (χ0) is 8.54. The van der Waals surface area contributed by atoms with Crippen LogP contribution in [-0.4, -0.2) is 17.8 Å². The predicted octanol–water partition coefficient (Wildman–Crippen LogP) is 0.0736. The van der Waals surface area contributed by atoms with Gasteiger partial charge in [0.15, 0.2) is 0 Å². The van der Waals surface area contributed by atoms with Gasteiger partial charge in [0.2, 0.25) is 0 Å². The number of nitrogens with zero attached hydrogens (tertiary/aromatic N) is 3. The highest BCUT2D eigenvalue weighted by Gasteiger charge is 2.43. The zero-order valence-corrected chi connectivity index (χ0v) is 5.98. The standard InChI is InChI=1S/C4H3N3O3S/c5-3-4(11(8,9)10)1-2-6-7-4/h1-2H,(H,8,9,10). The average molecular weight is 173 g/mol. The van der Waals surface area contributed by atoms with Gasteiger partial charge < -0.3 is 0 Å². The predicted molar refractivity (Wildman–Crippen MR) is 33.9 cm³/mol. The molecule has 6 nitrogen and oxygen atoms in total. The second-order valence-corrected chi connectivity index (χ2v) is 3.39. The highest BCUT2D eigenvalue weighted by Crippen LogP contribution is 2.23. The van der Waals surface area contributed by atoms with Gasteiger partial charge in [-0.25, -0.2) is 0 Å². The molecule has 0 fully saturated rings. The summed E-state index contributed by atoms with van der Waals surface area (Å²) < 4.78 is 29.5. The summed E-state index contributed by atoms with van der Waals surface area (Å²) in [6.45, 7) is 0. The molecule has 1 aliphatic rings. The number of azo groups is 1. The molecule has 1 heterocycles. The monoisotopic (exact) mass is 173 g/mol. The van der Waals surface area contributed by atoms with E-state index in [1.807, 2.05) is 0 Å². The van der Waals surface area contributed by atoms with Crippen LogP contribution >= 0.6 is 0 Å². The van der Waals surface area contributed by atoms with Crippen molar-refractivity contribution in [1.82, 2.24) is 0 Å². The Hall–Kier alpha value is -1.26. The maximum Gasteiger partial charge on any atom is 0.311 e. The molecule has 11 heavy (non-hydrogen) atoms. The quantitative estimate of drug-likeness (QED) is 0.566. The molecule has 0 spiro atoms. The third-order valence-electron chi connectivity index (χ3n) is 1.13. The van der Waals surface area contributed by atoms with Crippen LogP contribution in [-0.2, 0) is 10.1 Å².